The minimum Gasteiger partial charge on any atom is -0.319 e. The van der Waals surface area contributed by atoms with Crippen LogP contribution in [0.15, 0.2) is 0 Å². The molecule has 0 aliphatic carbocycles. The van der Waals surface area contributed by atoms with Gasteiger partial charge >= 0.3 is 15.2 Å². The first-order valence-corrected chi connectivity index (χ1v) is 13.5. The van der Waals surface area contributed by atoms with Crippen LogP contribution in [-0.4, -0.2) is 30.6 Å². The molecule has 0 unspecified atom stereocenters. The second-order valence-corrected chi connectivity index (χ2v) is 10.5. The van der Waals surface area contributed by atoms with Crippen molar-refractivity contribution in [2.45, 2.75) is 103 Å². The van der Waals surface area contributed by atoms with E-state index in [9.17, 15) is 18.7 Å². The van der Waals surface area contributed by atoms with Gasteiger partial charge in [0.2, 0.25) is 11.0 Å². The molecule has 0 saturated heterocycles. The maximum atomic E-state index is 11.1. The van der Waals surface area contributed by atoms with E-state index in [1.807, 2.05) is 0 Å². The Morgan fingerprint density at radius 1 is 0.429 bits per heavy atom. The molecular formula is C18H36O8P2. The molecule has 0 aromatic carbocycles. The molecule has 0 aromatic rings. The van der Waals surface area contributed by atoms with Crippen LogP contribution < -0.4 is 0 Å². The molecule has 0 bridgehead atoms. The Hall–Kier alpha value is -0.360. The van der Waals surface area contributed by atoms with E-state index in [1.165, 1.54) is 25.7 Å². The summed E-state index contributed by atoms with van der Waals surface area (Å²) in [7, 11) is -9.07. The predicted octanol–water partition coefficient (Wildman–Crippen LogP) is 4.64. The van der Waals surface area contributed by atoms with Crippen molar-refractivity contribution in [1.82, 2.24) is 0 Å². The van der Waals surface area contributed by atoms with Gasteiger partial charge in [0.05, 0.1) is 0 Å². The quantitative estimate of drug-likeness (QED) is 0.167. The Morgan fingerprint density at radius 3 is 0.786 bits per heavy atom. The van der Waals surface area contributed by atoms with Crippen molar-refractivity contribution in [3.8, 4) is 0 Å². The average Bonchev–Trinajstić information content (AvgIpc) is 2.59. The molecule has 0 radical (unpaired) electrons. The summed E-state index contributed by atoms with van der Waals surface area (Å²) in [6.45, 7) is 0. The Kier molecular flexibility index (Phi) is 15.3. The standard InChI is InChI=1S/C18H36O8P2/c19-17(27(21,22)23)15-13-11-9-7-5-3-1-2-4-6-8-10-12-14-16-18(20)28(24,25)26/h1-16H2,(H2,21,22,23)(H2,24,25,26). The summed E-state index contributed by atoms with van der Waals surface area (Å²) in [6, 6.07) is 0. The summed E-state index contributed by atoms with van der Waals surface area (Å²) in [5, 5.41) is 0. The molecule has 0 saturated carbocycles. The van der Waals surface area contributed by atoms with Gasteiger partial charge in [-0.2, -0.15) is 0 Å². The van der Waals surface area contributed by atoms with Crippen molar-refractivity contribution in [2.75, 3.05) is 0 Å². The van der Waals surface area contributed by atoms with E-state index in [0.29, 0.717) is 12.8 Å². The van der Waals surface area contributed by atoms with Crippen LogP contribution in [0.2, 0.25) is 0 Å². The zero-order valence-corrected chi connectivity index (χ0v) is 18.4. The summed E-state index contributed by atoms with van der Waals surface area (Å²) in [4.78, 5) is 56.8. The van der Waals surface area contributed by atoms with Gasteiger partial charge in [0, 0.05) is 12.8 Å². The Morgan fingerprint density at radius 2 is 0.607 bits per heavy atom. The fourth-order valence-corrected chi connectivity index (χ4v) is 3.86. The van der Waals surface area contributed by atoms with Crippen molar-refractivity contribution in [2.24, 2.45) is 0 Å². The van der Waals surface area contributed by atoms with Crippen LogP contribution in [0, 0.1) is 0 Å². The first-order valence-electron chi connectivity index (χ1n) is 10.2. The van der Waals surface area contributed by atoms with Crippen molar-refractivity contribution in [3.05, 3.63) is 0 Å². The van der Waals surface area contributed by atoms with Gasteiger partial charge in [0.25, 0.3) is 0 Å². The highest BCUT2D eigenvalue weighted by Crippen LogP contribution is 2.38. The molecule has 0 fully saturated rings. The van der Waals surface area contributed by atoms with Gasteiger partial charge in [-0.1, -0.05) is 77.0 Å². The van der Waals surface area contributed by atoms with Crippen LogP contribution >= 0.6 is 15.2 Å². The summed E-state index contributed by atoms with van der Waals surface area (Å²) in [5.74, 6) is 0. The molecule has 0 spiro atoms. The topological polar surface area (TPSA) is 149 Å². The lowest BCUT2D eigenvalue weighted by Crippen LogP contribution is -1.98. The van der Waals surface area contributed by atoms with E-state index in [1.54, 1.807) is 0 Å². The van der Waals surface area contributed by atoms with Crippen LogP contribution in [-0.2, 0) is 18.7 Å². The highest BCUT2D eigenvalue weighted by Gasteiger charge is 2.24. The number of carbonyl (C=O) groups excluding carboxylic acids is 2. The zero-order chi connectivity index (χ0) is 21.5. The molecule has 0 aliphatic heterocycles. The third-order valence-electron chi connectivity index (χ3n) is 4.68. The zero-order valence-electron chi connectivity index (χ0n) is 16.6. The highest BCUT2D eigenvalue weighted by molar-refractivity contribution is 7.70. The van der Waals surface area contributed by atoms with Gasteiger partial charge in [-0.25, -0.2) is 0 Å². The Balaban J connectivity index is 3.26. The van der Waals surface area contributed by atoms with Crippen LogP contribution in [0.1, 0.15) is 103 Å². The SMILES string of the molecule is O=C(CCCCCCCCCCCCCCCCC(=O)P(=O)(O)O)P(=O)(O)O. The van der Waals surface area contributed by atoms with E-state index in [4.69, 9.17) is 19.6 Å². The second-order valence-electron chi connectivity index (χ2n) is 7.33. The van der Waals surface area contributed by atoms with Crippen LogP contribution in [0.5, 0.6) is 0 Å². The van der Waals surface area contributed by atoms with E-state index >= 15 is 0 Å². The van der Waals surface area contributed by atoms with Gasteiger partial charge in [-0.15, -0.1) is 0 Å². The molecule has 28 heavy (non-hydrogen) atoms. The average molecular weight is 442 g/mol. The molecule has 8 nitrogen and oxygen atoms in total. The Bertz CT molecular complexity index is 490. The molecule has 0 aromatic heterocycles. The third kappa shape index (κ3) is 16.6. The van der Waals surface area contributed by atoms with Crippen molar-refractivity contribution in [3.63, 3.8) is 0 Å². The molecular weight excluding hydrogens is 406 g/mol. The molecule has 0 heterocycles. The van der Waals surface area contributed by atoms with Crippen LogP contribution in [0.25, 0.3) is 0 Å². The van der Waals surface area contributed by atoms with Crippen LogP contribution in [0.4, 0.5) is 0 Å². The summed E-state index contributed by atoms with van der Waals surface area (Å²) in [5.41, 5.74) is -1.91. The molecule has 0 atom stereocenters. The van der Waals surface area contributed by atoms with Crippen molar-refractivity contribution >= 4 is 26.2 Å². The van der Waals surface area contributed by atoms with E-state index < -0.39 is 26.2 Å². The van der Waals surface area contributed by atoms with E-state index in [0.717, 1.165) is 51.4 Å². The molecule has 0 amide bonds. The third-order valence-corrected chi connectivity index (χ3v) is 6.43. The number of unbranched alkanes of at least 4 members (excludes halogenated alkanes) is 13. The lowest BCUT2D eigenvalue weighted by Gasteiger charge is -2.04. The molecule has 0 rings (SSSR count). The lowest BCUT2D eigenvalue weighted by molar-refractivity contribution is -0.114. The van der Waals surface area contributed by atoms with Crippen LogP contribution in [0.3, 0.4) is 0 Å². The largest absolute Gasteiger partial charge is 0.391 e. The predicted molar refractivity (Wildman–Crippen MR) is 108 cm³/mol. The van der Waals surface area contributed by atoms with Gasteiger partial charge < -0.3 is 19.6 Å². The first kappa shape index (κ1) is 27.6. The maximum absolute atomic E-state index is 11.1. The molecule has 166 valence electrons. The molecule has 4 N–H and O–H groups in total. The van der Waals surface area contributed by atoms with Crippen molar-refractivity contribution in [1.29, 1.82) is 0 Å². The van der Waals surface area contributed by atoms with Gasteiger partial charge in [-0.05, 0) is 12.8 Å². The normalized spacial score (nSPS) is 12.3. The molecule has 0 aliphatic rings. The summed E-state index contributed by atoms with van der Waals surface area (Å²) in [6.07, 6.45) is 13.8. The number of rotatable bonds is 19. The minimum absolute atomic E-state index is 0.0374. The van der Waals surface area contributed by atoms with Gasteiger partial charge in [0.1, 0.15) is 0 Å². The number of hydrogen-bond acceptors (Lipinski definition) is 4. The molecule has 10 heteroatoms. The van der Waals surface area contributed by atoms with Crippen molar-refractivity contribution < 1.29 is 38.3 Å². The van der Waals surface area contributed by atoms with E-state index in [2.05, 4.69) is 0 Å². The number of carbonyl (C=O) groups is 2. The van der Waals surface area contributed by atoms with Gasteiger partial charge in [0.15, 0.2) is 0 Å². The Labute approximate surface area is 167 Å². The summed E-state index contributed by atoms with van der Waals surface area (Å²) >= 11 is 0. The fraction of sp³-hybridized carbons (Fsp3) is 0.889. The monoisotopic (exact) mass is 442 g/mol. The van der Waals surface area contributed by atoms with Gasteiger partial charge in [-0.3, -0.25) is 18.7 Å². The number of hydrogen-bond donors (Lipinski definition) is 4. The second kappa shape index (κ2) is 15.5. The smallest absolute Gasteiger partial charge is 0.319 e. The minimum atomic E-state index is -4.54. The lowest BCUT2D eigenvalue weighted by atomic mass is 10.0. The fourth-order valence-electron chi connectivity index (χ4n) is 2.97. The highest BCUT2D eigenvalue weighted by atomic mass is 31.2. The van der Waals surface area contributed by atoms with E-state index in [-0.39, 0.29) is 12.8 Å². The maximum Gasteiger partial charge on any atom is 0.391 e. The summed E-state index contributed by atoms with van der Waals surface area (Å²) < 4.78 is 21.3. The first-order chi connectivity index (χ1) is 13.0.